The van der Waals surface area contributed by atoms with Crippen LogP contribution in [0.1, 0.15) is 63.8 Å². The molecule has 1 unspecified atom stereocenters. The van der Waals surface area contributed by atoms with Gasteiger partial charge in [-0.05, 0) is 54.5 Å². The van der Waals surface area contributed by atoms with Crippen molar-refractivity contribution in [2.45, 2.75) is 58.9 Å². The van der Waals surface area contributed by atoms with E-state index in [0.29, 0.717) is 13.0 Å². The number of hydrogen-bond donors (Lipinski definition) is 1. The maximum absolute atomic E-state index is 12.3. The van der Waals surface area contributed by atoms with Gasteiger partial charge >= 0.3 is 0 Å². The second-order valence-corrected chi connectivity index (χ2v) is 7.74. The highest BCUT2D eigenvalue weighted by Crippen LogP contribution is 2.22. The summed E-state index contributed by atoms with van der Waals surface area (Å²) in [5, 5.41) is 3.07. The standard InChI is InChI=1S/C23H31NO2/c1-6-26-21-14-10-19(11-15-21)17(2)24-22(25)16-9-18-7-12-20(13-8-18)23(3,4)5/h7-8,10-15,17H,6,9,16H2,1-5H3,(H,24,25). The van der Waals surface area contributed by atoms with Crippen LogP contribution in [-0.2, 0) is 16.6 Å². The summed E-state index contributed by atoms with van der Waals surface area (Å²) in [6, 6.07) is 16.5. The summed E-state index contributed by atoms with van der Waals surface area (Å²) < 4.78 is 5.45. The monoisotopic (exact) mass is 353 g/mol. The summed E-state index contributed by atoms with van der Waals surface area (Å²) in [5.74, 6) is 0.930. The first-order chi connectivity index (χ1) is 12.3. The molecule has 0 saturated heterocycles. The smallest absolute Gasteiger partial charge is 0.220 e. The normalized spacial score (nSPS) is 12.5. The van der Waals surface area contributed by atoms with Crippen LogP contribution in [0.15, 0.2) is 48.5 Å². The molecular weight excluding hydrogens is 322 g/mol. The van der Waals surface area contributed by atoms with Crippen LogP contribution in [0, 0.1) is 0 Å². The summed E-state index contributed by atoms with van der Waals surface area (Å²) in [4.78, 5) is 12.3. The molecule has 0 aromatic heterocycles. The van der Waals surface area contributed by atoms with Gasteiger partial charge in [0.1, 0.15) is 5.75 Å². The number of amides is 1. The highest BCUT2D eigenvalue weighted by molar-refractivity contribution is 5.76. The molecule has 1 atom stereocenters. The lowest BCUT2D eigenvalue weighted by Gasteiger charge is -2.19. The fraction of sp³-hybridized carbons (Fsp3) is 0.435. The maximum Gasteiger partial charge on any atom is 0.220 e. The van der Waals surface area contributed by atoms with Crippen molar-refractivity contribution in [3.63, 3.8) is 0 Å². The third-order valence-electron chi connectivity index (χ3n) is 4.53. The first-order valence-corrected chi connectivity index (χ1v) is 9.41. The van der Waals surface area contributed by atoms with Crippen LogP contribution >= 0.6 is 0 Å². The SMILES string of the molecule is CCOc1ccc(C(C)NC(=O)CCc2ccc(C(C)(C)C)cc2)cc1. The van der Waals surface area contributed by atoms with Crippen LogP contribution in [0.3, 0.4) is 0 Å². The fourth-order valence-electron chi connectivity index (χ4n) is 2.85. The minimum Gasteiger partial charge on any atom is -0.494 e. The minimum atomic E-state index is -0.0126. The molecule has 0 aliphatic carbocycles. The van der Waals surface area contributed by atoms with Gasteiger partial charge in [-0.3, -0.25) is 4.79 Å². The van der Waals surface area contributed by atoms with E-state index in [4.69, 9.17) is 4.74 Å². The first kappa shape index (κ1) is 20.0. The Bertz CT molecular complexity index is 696. The second-order valence-electron chi connectivity index (χ2n) is 7.74. The molecule has 2 aromatic carbocycles. The molecule has 3 heteroatoms. The van der Waals surface area contributed by atoms with E-state index in [2.05, 4.69) is 50.4 Å². The summed E-state index contributed by atoms with van der Waals surface area (Å²) >= 11 is 0. The van der Waals surface area contributed by atoms with Gasteiger partial charge in [0.15, 0.2) is 0 Å². The molecule has 2 rings (SSSR count). The van der Waals surface area contributed by atoms with Crippen LogP contribution in [0.25, 0.3) is 0 Å². The summed E-state index contributed by atoms with van der Waals surface area (Å²) in [7, 11) is 0. The van der Waals surface area contributed by atoms with Crippen molar-refractivity contribution in [1.82, 2.24) is 5.32 Å². The number of nitrogens with one attached hydrogen (secondary N) is 1. The molecule has 0 fully saturated rings. The first-order valence-electron chi connectivity index (χ1n) is 9.41. The Morgan fingerprint density at radius 3 is 2.19 bits per heavy atom. The second kappa shape index (κ2) is 8.88. The highest BCUT2D eigenvalue weighted by Gasteiger charge is 2.13. The average Bonchev–Trinajstić information content (AvgIpc) is 2.60. The van der Waals surface area contributed by atoms with Crippen molar-refractivity contribution in [3.05, 3.63) is 65.2 Å². The predicted octanol–water partition coefficient (Wildman–Crippen LogP) is 5.19. The number of ether oxygens (including phenoxy) is 1. The summed E-state index contributed by atoms with van der Waals surface area (Å²) in [6.07, 6.45) is 1.25. The van der Waals surface area contributed by atoms with Crippen molar-refractivity contribution in [2.24, 2.45) is 0 Å². The Morgan fingerprint density at radius 2 is 1.65 bits per heavy atom. The highest BCUT2D eigenvalue weighted by atomic mass is 16.5. The van der Waals surface area contributed by atoms with E-state index in [0.717, 1.165) is 17.7 Å². The zero-order chi connectivity index (χ0) is 19.2. The topological polar surface area (TPSA) is 38.3 Å². The van der Waals surface area contributed by atoms with Crippen LogP contribution in [0.2, 0.25) is 0 Å². The Kier molecular flexibility index (Phi) is 6.84. The van der Waals surface area contributed by atoms with Gasteiger partial charge in [0.25, 0.3) is 0 Å². The van der Waals surface area contributed by atoms with Crippen molar-refractivity contribution in [1.29, 1.82) is 0 Å². The van der Waals surface area contributed by atoms with Gasteiger partial charge in [0, 0.05) is 6.42 Å². The quantitative estimate of drug-likeness (QED) is 0.743. The number of carbonyl (C=O) groups is 1. The van der Waals surface area contributed by atoms with Crippen molar-refractivity contribution >= 4 is 5.91 Å². The van der Waals surface area contributed by atoms with E-state index in [9.17, 15) is 4.79 Å². The van der Waals surface area contributed by atoms with Gasteiger partial charge < -0.3 is 10.1 Å². The minimum absolute atomic E-state index is 0.0126. The van der Waals surface area contributed by atoms with E-state index >= 15 is 0 Å². The van der Waals surface area contributed by atoms with Crippen molar-refractivity contribution in [3.8, 4) is 5.75 Å². The zero-order valence-electron chi connectivity index (χ0n) is 16.6. The Labute approximate surface area is 157 Å². The van der Waals surface area contributed by atoms with E-state index in [1.54, 1.807) is 0 Å². The van der Waals surface area contributed by atoms with Gasteiger partial charge in [-0.1, -0.05) is 57.2 Å². The van der Waals surface area contributed by atoms with Gasteiger partial charge in [-0.2, -0.15) is 0 Å². The lowest BCUT2D eigenvalue weighted by Crippen LogP contribution is -2.26. The fourth-order valence-corrected chi connectivity index (χ4v) is 2.85. The molecule has 0 aliphatic heterocycles. The number of benzene rings is 2. The number of hydrogen-bond acceptors (Lipinski definition) is 2. The van der Waals surface area contributed by atoms with Crippen LogP contribution < -0.4 is 10.1 Å². The molecule has 1 amide bonds. The van der Waals surface area contributed by atoms with Crippen molar-refractivity contribution < 1.29 is 9.53 Å². The predicted molar refractivity (Wildman–Crippen MR) is 108 cm³/mol. The van der Waals surface area contributed by atoms with E-state index in [1.807, 2.05) is 38.1 Å². The molecule has 0 aliphatic rings. The van der Waals surface area contributed by atoms with Gasteiger partial charge in [-0.25, -0.2) is 0 Å². The van der Waals surface area contributed by atoms with Crippen molar-refractivity contribution in [2.75, 3.05) is 6.61 Å². The van der Waals surface area contributed by atoms with Gasteiger partial charge in [0.05, 0.1) is 12.6 Å². The number of rotatable bonds is 7. The number of carbonyl (C=O) groups excluding carboxylic acids is 1. The molecule has 1 N–H and O–H groups in total. The number of aryl methyl sites for hydroxylation is 1. The Hall–Kier alpha value is -2.29. The summed E-state index contributed by atoms with van der Waals surface area (Å²) in [5.41, 5.74) is 3.75. The molecule has 0 saturated carbocycles. The summed E-state index contributed by atoms with van der Waals surface area (Å²) in [6.45, 7) is 11.2. The molecule has 26 heavy (non-hydrogen) atoms. The third kappa shape index (κ3) is 5.91. The van der Waals surface area contributed by atoms with Gasteiger partial charge in [-0.15, -0.1) is 0 Å². The Morgan fingerprint density at radius 1 is 1.04 bits per heavy atom. The molecule has 0 radical (unpaired) electrons. The molecule has 3 nitrogen and oxygen atoms in total. The zero-order valence-corrected chi connectivity index (χ0v) is 16.6. The van der Waals surface area contributed by atoms with Crippen LogP contribution in [0.4, 0.5) is 0 Å². The van der Waals surface area contributed by atoms with Gasteiger partial charge in [0.2, 0.25) is 5.91 Å². The lowest BCUT2D eigenvalue weighted by atomic mass is 9.86. The molecular formula is C23H31NO2. The molecule has 0 heterocycles. The van der Waals surface area contributed by atoms with Crippen LogP contribution in [-0.4, -0.2) is 12.5 Å². The van der Waals surface area contributed by atoms with E-state index < -0.39 is 0 Å². The van der Waals surface area contributed by atoms with E-state index in [1.165, 1.54) is 11.1 Å². The third-order valence-corrected chi connectivity index (χ3v) is 4.53. The average molecular weight is 354 g/mol. The molecule has 140 valence electrons. The Balaban J connectivity index is 1.84. The van der Waals surface area contributed by atoms with Crippen LogP contribution in [0.5, 0.6) is 5.75 Å². The van der Waals surface area contributed by atoms with E-state index in [-0.39, 0.29) is 17.4 Å². The lowest BCUT2D eigenvalue weighted by molar-refractivity contribution is -0.121. The molecule has 0 spiro atoms. The maximum atomic E-state index is 12.3. The molecule has 2 aromatic rings. The molecule has 0 bridgehead atoms. The largest absolute Gasteiger partial charge is 0.494 e.